The normalized spacial score (nSPS) is 13.7. The monoisotopic (exact) mass is 885 g/mol. The first-order chi connectivity index (χ1) is 29.6. The minimum atomic E-state index is -4.28. The van der Waals surface area contributed by atoms with Crippen LogP contribution in [-0.4, -0.2) is 75.6 Å². The molecule has 0 rings (SSSR count). The van der Waals surface area contributed by atoms with Crippen molar-refractivity contribution in [2.24, 2.45) is 0 Å². The highest BCUT2D eigenvalue weighted by atomic mass is 31.2. The van der Waals surface area contributed by atoms with Crippen molar-refractivity contribution in [1.29, 1.82) is 0 Å². The molecule has 2 unspecified atom stereocenters. The summed E-state index contributed by atoms with van der Waals surface area (Å²) in [5.41, 5.74) is 0. The van der Waals surface area contributed by atoms with E-state index in [2.05, 4.69) is 38.2 Å². The highest BCUT2D eigenvalue weighted by molar-refractivity contribution is 7.47. The predicted molar refractivity (Wildman–Crippen MR) is 261 cm³/mol. The van der Waals surface area contributed by atoms with Crippen molar-refractivity contribution in [3.8, 4) is 0 Å². The van der Waals surface area contributed by atoms with Gasteiger partial charge in [-0.1, -0.05) is 218 Å². The van der Waals surface area contributed by atoms with Crippen molar-refractivity contribution in [1.82, 2.24) is 0 Å². The van der Waals surface area contributed by atoms with E-state index in [0.717, 1.165) is 57.8 Å². The molecule has 0 saturated carbocycles. The van der Waals surface area contributed by atoms with Crippen LogP contribution in [0.25, 0.3) is 0 Å². The van der Waals surface area contributed by atoms with Crippen LogP contribution in [0.2, 0.25) is 0 Å². The summed E-state index contributed by atoms with van der Waals surface area (Å²) in [5.74, 6) is -0.323. The molecule has 0 aromatic carbocycles. The quantitative estimate of drug-likeness (QED) is 0.0214. The van der Waals surface area contributed by atoms with E-state index in [0.29, 0.717) is 24.1 Å². The van der Waals surface area contributed by atoms with Gasteiger partial charge in [0.25, 0.3) is 0 Å². The molecule has 0 saturated heterocycles. The number of rotatable bonds is 49. The molecule has 8 nitrogen and oxygen atoms in total. The second kappa shape index (κ2) is 45.5. The van der Waals surface area contributed by atoms with Crippen LogP contribution >= 0.6 is 7.82 Å². The highest BCUT2D eigenvalue weighted by Gasteiger charge is 2.26. The van der Waals surface area contributed by atoms with Gasteiger partial charge in [0.1, 0.15) is 19.3 Å². The van der Waals surface area contributed by atoms with E-state index in [9.17, 15) is 14.3 Å². The zero-order valence-corrected chi connectivity index (χ0v) is 42.1. The van der Waals surface area contributed by atoms with Crippen molar-refractivity contribution in [3.05, 3.63) is 24.3 Å². The highest BCUT2D eigenvalue weighted by Crippen LogP contribution is 2.43. The average molecular weight is 885 g/mol. The zero-order valence-electron chi connectivity index (χ0n) is 41.2. The molecule has 2 atom stereocenters. The number of unbranched alkanes of at least 4 members (excludes halogenated alkanes) is 31. The third-order valence-corrected chi connectivity index (χ3v) is 12.5. The number of likely N-dealkylation sites (N-methyl/N-ethyl adjacent to an activating group) is 1. The number of carbonyl (C=O) groups excluding carboxylic acids is 1. The lowest BCUT2D eigenvalue weighted by Crippen LogP contribution is -2.37. The van der Waals surface area contributed by atoms with Crippen LogP contribution < -0.4 is 0 Å². The Balaban J connectivity index is 4.06. The molecular formula is C52H103NO7P+. The summed E-state index contributed by atoms with van der Waals surface area (Å²) in [6.07, 6.45) is 53.7. The van der Waals surface area contributed by atoms with Gasteiger partial charge >= 0.3 is 13.8 Å². The van der Waals surface area contributed by atoms with Gasteiger partial charge in [-0.3, -0.25) is 13.8 Å². The zero-order chi connectivity index (χ0) is 44.8. The third-order valence-electron chi connectivity index (χ3n) is 11.5. The molecule has 0 spiro atoms. The Kier molecular flexibility index (Phi) is 44.8. The van der Waals surface area contributed by atoms with Gasteiger partial charge in [-0.05, 0) is 44.9 Å². The Bertz CT molecular complexity index is 1030. The molecule has 0 aromatic heterocycles. The fourth-order valence-electron chi connectivity index (χ4n) is 7.47. The molecule has 0 aliphatic rings. The number of nitrogens with zero attached hydrogens (tertiary/aromatic N) is 1. The van der Waals surface area contributed by atoms with Crippen molar-refractivity contribution in [2.45, 2.75) is 251 Å². The summed E-state index contributed by atoms with van der Waals surface area (Å²) < 4.78 is 35.1. The molecular weight excluding hydrogens is 782 g/mol. The molecule has 362 valence electrons. The van der Waals surface area contributed by atoms with Crippen LogP contribution in [-0.2, 0) is 27.9 Å². The maximum atomic E-state index is 12.7. The van der Waals surface area contributed by atoms with Gasteiger partial charge in [-0.25, -0.2) is 4.57 Å². The van der Waals surface area contributed by atoms with Gasteiger partial charge in [0.05, 0.1) is 34.4 Å². The Morgan fingerprint density at radius 1 is 0.508 bits per heavy atom. The van der Waals surface area contributed by atoms with Crippen molar-refractivity contribution < 1.29 is 37.3 Å². The molecule has 0 radical (unpaired) electrons. The smallest absolute Gasteiger partial charge is 0.457 e. The number of ether oxygens (including phenoxy) is 2. The van der Waals surface area contributed by atoms with Crippen molar-refractivity contribution in [3.63, 3.8) is 0 Å². The first-order valence-corrected chi connectivity index (χ1v) is 27.6. The Hall–Kier alpha value is -1.02. The van der Waals surface area contributed by atoms with Crippen LogP contribution in [0, 0.1) is 0 Å². The first-order valence-electron chi connectivity index (χ1n) is 26.1. The fourth-order valence-corrected chi connectivity index (χ4v) is 8.21. The lowest BCUT2D eigenvalue weighted by Gasteiger charge is -2.24. The van der Waals surface area contributed by atoms with Crippen LogP contribution in [0.1, 0.15) is 245 Å². The van der Waals surface area contributed by atoms with E-state index >= 15 is 0 Å². The van der Waals surface area contributed by atoms with E-state index in [1.54, 1.807) is 0 Å². The lowest BCUT2D eigenvalue weighted by atomic mass is 10.0. The van der Waals surface area contributed by atoms with Gasteiger partial charge in [0.15, 0.2) is 0 Å². The number of esters is 1. The molecule has 0 bridgehead atoms. The summed E-state index contributed by atoms with van der Waals surface area (Å²) in [7, 11) is 1.67. The number of phosphoric acid groups is 1. The summed E-state index contributed by atoms with van der Waals surface area (Å²) >= 11 is 0. The standard InChI is InChI=1S/C52H102NO7P/c1-6-8-10-12-14-16-18-20-22-23-24-25-26-27-28-29-30-32-34-36-38-40-42-44-47-57-49-51(50-59-61(55,56)58-48-46-53(3,4)5)60-52(54)45-43-41-39-37-35-33-31-21-19-17-15-13-11-9-7-2/h15,17,21,31,51H,6-14,16,18-20,22-30,32-50H2,1-5H3/p+1/b17-15-,31-21-. The summed E-state index contributed by atoms with van der Waals surface area (Å²) in [4.78, 5) is 23.0. The minimum Gasteiger partial charge on any atom is -0.457 e. The van der Waals surface area contributed by atoms with E-state index < -0.39 is 13.9 Å². The fraction of sp³-hybridized carbons (Fsp3) is 0.904. The number of hydrogen-bond donors (Lipinski definition) is 1. The molecule has 0 heterocycles. The molecule has 0 aliphatic heterocycles. The van der Waals surface area contributed by atoms with Crippen molar-refractivity contribution >= 4 is 13.8 Å². The van der Waals surface area contributed by atoms with Crippen molar-refractivity contribution in [2.75, 3.05) is 54.1 Å². The summed E-state index contributed by atoms with van der Waals surface area (Å²) in [6, 6.07) is 0. The summed E-state index contributed by atoms with van der Waals surface area (Å²) in [5, 5.41) is 0. The molecule has 0 amide bonds. The number of quaternary nitrogens is 1. The van der Waals surface area contributed by atoms with Gasteiger partial charge in [-0.15, -0.1) is 0 Å². The van der Waals surface area contributed by atoms with Gasteiger partial charge in [0.2, 0.25) is 0 Å². The number of phosphoric ester groups is 1. The van der Waals surface area contributed by atoms with Crippen LogP contribution in [0.15, 0.2) is 24.3 Å². The average Bonchev–Trinajstić information content (AvgIpc) is 3.22. The molecule has 0 aromatic rings. The lowest BCUT2D eigenvalue weighted by molar-refractivity contribution is -0.870. The molecule has 61 heavy (non-hydrogen) atoms. The Labute approximate surface area is 379 Å². The third kappa shape index (κ3) is 49.8. The Morgan fingerprint density at radius 3 is 1.36 bits per heavy atom. The molecule has 9 heteroatoms. The second-order valence-corrected chi connectivity index (χ2v) is 20.4. The van der Waals surface area contributed by atoms with E-state index in [1.165, 1.54) is 167 Å². The maximum Gasteiger partial charge on any atom is 0.472 e. The first kappa shape index (κ1) is 60.0. The minimum absolute atomic E-state index is 0.0879. The number of allylic oxidation sites excluding steroid dienone is 4. The molecule has 1 N–H and O–H groups in total. The Morgan fingerprint density at radius 2 is 0.902 bits per heavy atom. The molecule has 0 aliphatic carbocycles. The van der Waals surface area contributed by atoms with Gasteiger partial charge in [-0.2, -0.15) is 0 Å². The number of carbonyl (C=O) groups is 1. The largest absolute Gasteiger partial charge is 0.472 e. The summed E-state index contributed by atoms with van der Waals surface area (Å²) in [6.45, 7) is 5.63. The van der Waals surface area contributed by atoms with Crippen LogP contribution in [0.3, 0.4) is 0 Å². The van der Waals surface area contributed by atoms with E-state index in [1.807, 2.05) is 21.1 Å². The maximum absolute atomic E-state index is 12.7. The van der Waals surface area contributed by atoms with Crippen LogP contribution in [0.5, 0.6) is 0 Å². The van der Waals surface area contributed by atoms with Crippen LogP contribution in [0.4, 0.5) is 0 Å². The topological polar surface area (TPSA) is 91.3 Å². The predicted octanol–water partition coefficient (Wildman–Crippen LogP) is 16.0. The SMILES string of the molecule is CCCCC/C=C\C/C=C\CCCCCCCC(=O)OC(COCCCCCCCCCCCCCCCCCCCCCCCCCC)COP(=O)(O)OCC[N+](C)(C)C. The molecule has 0 fully saturated rings. The second-order valence-electron chi connectivity index (χ2n) is 18.9. The van der Waals surface area contributed by atoms with E-state index in [4.69, 9.17) is 18.5 Å². The van der Waals surface area contributed by atoms with Gasteiger partial charge < -0.3 is 18.9 Å². The van der Waals surface area contributed by atoms with Gasteiger partial charge in [0, 0.05) is 13.0 Å². The number of hydrogen-bond acceptors (Lipinski definition) is 6. The van der Waals surface area contributed by atoms with E-state index in [-0.39, 0.29) is 25.8 Å².